The second-order valence-corrected chi connectivity index (χ2v) is 4.48. The van der Waals surface area contributed by atoms with Crippen LogP contribution in [0.2, 0.25) is 0 Å². The van der Waals surface area contributed by atoms with Crippen LogP contribution in [0.25, 0.3) is 0 Å². The van der Waals surface area contributed by atoms with Crippen molar-refractivity contribution in [2.75, 3.05) is 0 Å². The topological polar surface area (TPSA) is 12.0 Å². The summed E-state index contributed by atoms with van der Waals surface area (Å²) in [7, 11) is 0. The average molecular weight is 209 g/mol. The number of aryl methyl sites for hydroxylation is 1. The molecule has 15 heavy (non-hydrogen) atoms. The van der Waals surface area contributed by atoms with Crippen molar-refractivity contribution in [2.24, 2.45) is 5.92 Å². The summed E-state index contributed by atoms with van der Waals surface area (Å²) in [5, 5.41) is 3.40. The molecule has 0 aliphatic rings. The summed E-state index contributed by atoms with van der Waals surface area (Å²) < 4.78 is 13.0. The lowest BCUT2D eigenvalue weighted by molar-refractivity contribution is 0.425. The van der Waals surface area contributed by atoms with Crippen LogP contribution in [-0.2, 0) is 6.54 Å². The van der Waals surface area contributed by atoms with E-state index in [-0.39, 0.29) is 5.82 Å². The van der Waals surface area contributed by atoms with Gasteiger partial charge in [-0.1, -0.05) is 19.9 Å². The molecule has 0 aromatic heterocycles. The lowest BCUT2D eigenvalue weighted by atomic mass is 10.0. The van der Waals surface area contributed by atoms with Gasteiger partial charge in [0, 0.05) is 12.6 Å². The maximum atomic E-state index is 13.0. The minimum absolute atomic E-state index is 0.158. The van der Waals surface area contributed by atoms with Crippen LogP contribution < -0.4 is 5.32 Å². The fraction of sp³-hybridized carbons (Fsp3) is 0.538. The largest absolute Gasteiger partial charge is 0.310 e. The van der Waals surface area contributed by atoms with E-state index < -0.39 is 0 Å². The van der Waals surface area contributed by atoms with Gasteiger partial charge in [-0.05, 0) is 43.0 Å². The zero-order chi connectivity index (χ0) is 11.4. The second-order valence-electron chi connectivity index (χ2n) is 4.48. The molecule has 0 saturated heterocycles. The van der Waals surface area contributed by atoms with Crippen molar-refractivity contribution in [3.8, 4) is 0 Å². The Hall–Kier alpha value is -0.890. The highest BCUT2D eigenvalue weighted by molar-refractivity contribution is 5.26. The average Bonchev–Trinajstić information content (AvgIpc) is 2.18. The fourth-order valence-corrected chi connectivity index (χ4v) is 1.34. The van der Waals surface area contributed by atoms with E-state index in [2.05, 4.69) is 26.1 Å². The van der Waals surface area contributed by atoms with Gasteiger partial charge in [0.15, 0.2) is 0 Å². The van der Waals surface area contributed by atoms with Crippen LogP contribution in [0.5, 0.6) is 0 Å². The third-order valence-corrected chi connectivity index (χ3v) is 2.93. The van der Waals surface area contributed by atoms with Crippen molar-refractivity contribution in [2.45, 2.75) is 40.3 Å². The van der Waals surface area contributed by atoms with Gasteiger partial charge in [0.25, 0.3) is 0 Å². The van der Waals surface area contributed by atoms with Crippen molar-refractivity contribution in [3.05, 3.63) is 35.1 Å². The van der Waals surface area contributed by atoms with E-state index in [1.807, 2.05) is 13.0 Å². The SMILES string of the molecule is Cc1ccc(F)cc1CNC(C)C(C)C. The maximum absolute atomic E-state index is 13.0. The van der Waals surface area contributed by atoms with Gasteiger partial charge in [0.05, 0.1) is 0 Å². The van der Waals surface area contributed by atoms with Crippen molar-refractivity contribution in [1.29, 1.82) is 0 Å². The lowest BCUT2D eigenvalue weighted by Crippen LogP contribution is -2.30. The Morgan fingerprint density at radius 3 is 2.53 bits per heavy atom. The lowest BCUT2D eigenvalue weighted by Gasteiger charge is -2.18. The Morgan fingerprint density at radius 1 is 1.27 bits per heavy atom. The van der Waals surface area contributed by atoms with Gasteiger partial charge in [-0.15, -0.1) is 0 Å². The smallest absolute Gasteiger partial charge is 0.123 e. The molecule has 0 saturated carbocycles. The molecule has 0 bridgehead atoms. The summed E-state index contributed by atoms with van der Waals surface area (Å²) in [6.45, 7) is 9.25. The van der Waals surface area contributed by atoms with Gasteiger partial charge in [0.2, 0.25) is 0 Å². The Morgan fingerprint density at radius 2 is 1.93 bits per heavy atom. The first-order valence-electron chi connectivity index (χ1n) is 5.49. The monoisotopic (exact) mass is 209 g/mol. The van der Waals surface area contributed by atoms with Gasteiger partial charge in [-0.25, -0.2) is 4.39 Å². The number of hydrogen-bond donors (Lipinski definition) is 1. The molecular weight excluding hydrogens is 189 g/mol. The number of hydrogen-bond acceptors (Lipinski definition) is 1. The van der Waals surface area contributed by atoms with E-state index in [4.69, 9.17) is 0 Å². The Labute approximate surface area is 91.7 Å². The van der Waals surface area contributed by atoms with Crippen LogP contribution in [-0.4, -0.2) is 6.04 Å². The van der Waals surface area contributed by atoms with Crippen LogP contribution in [0.3, 0.4) is 0 Å². The van der Waals surface area contributed by atoms with Crippen LogP contribution in [0.4, 0.5) is 4.39 Å². The standard InChI is InChI=1S/C13H20FN/c1-9(2)11(4)15-8-12-7-13(14)6-5-10(12)3/h5-7,9,11,15H,8H2,1-4H3. The molecule has 84 valence electrons. The molecule has 2 heteroatoms. The van der Waals surface area contributed by atoms with Crippen LogP contribution in [0.1, 0.15) is 31.9 Å². The third-order valence-electron chi connectivity index (χ3n) is 2.93. The van der Waals surface area contributed by atoms with Crippen molar-refractivity contribution >= 4 is 0 Å². The molecule has 0 radical (unpaired) electrons. The summed E-state index contributed by atoms with van der Waals surface area (Å²) in [6, 6.07) is 5.39. The molecule has 1 N–H and O–H groups in total. The molecule has 1 rings (SSSR count). The van der Waals surface area contributed by atoms with Crippen molar-refractivity contribution in [1.82, 2.24) is 5.32 Å². The van der Waals surface area contributed by atoms with Gasteiger partial charge in [-0.3, -0.25) is 0 Å². The Bertz CT molecular complexity index is 320. The van der Waals surface area contributed by atoms with Crippen LogP contribution >= 0.6 is 0 Å². The highest BCUT2D eigenvalue weighted by atomic mass is 19.1. The van der Waals surface area contributed by atoms with Gasteiger partial charge in [0.1, 0.15) is 5.82 Å². The molecular formula is C13H20FN. The first kappa shape index (κ1) is 12.2. The minimum Gasteiger partial charge on any atom is -0.310 e. The molecule has 0 heterocycles. The maximum Gasteiger partial charge on any atom is 0.123 e. The predicted octanol–water partition coefficient (Wildman–Crippen LogP) is 3.27. The van der Waals surface area contributed by atoms with Crippen molar-refractivity contribution in [3.63, 3.8) is 0 Å². The first-order chi connectivity index (χ1) is 7.00. The Kier molecular flexibility index (Phi) is 4.28. The molecule has 0 amide bonds. The molecule has 1 unspecified atom stereocenters. The van der Waals surface area contributed by atoms with Crippen molar-refractivity contribution < 1.29 is 4.39 Å². The predicted molar refractivity (Wildman–Crippen MR) is 62.3 cm³/mol. The normalized spacial score (nSPS) is 13.2. The molecule has 1 nitrogen and oxygen atoms in total. The van der Waals surface area contributed by atoms with Gasteiger partial charge >= 0.3 is 0 Å². The summed E-state index contributed by atoms with van der Waals surface area (Å²) >= 11 is 0. The number of rotatable bonds is 4. The van der Waals surface area contributed by atoms with E-state index in [0.717, 1.165) is 17.7 Å². The van der Waals surface area contributed by atoms with Crippen LogP contribution in [0.15, 0.2) is 18.2 Å². The Balaban J connectivity index is 2.61. The zero-order valence-electron chi connectivity index (χ0n) is 9.97. The van der Waals surface area contributed by atoms with E-state index in [9.17, 15) is 4.39 Å². The summed E-state index contributed by atoms with van der Waals surface area (Å²) in [5.74, 6) is 0.438. The third kappa shape index (κ3) is 3.63. The molecule has 1 atom stereocenters. The van der Waals surface area contributed by atoms with Gasteiger partial charge < -0.3 is 5.32 Å². The highest BCUT2D eigenvalue weighted by Gasteiger charge is 2.07. The number of nitrogens with one attached hydrogen (secondary N) is 1. The summed E-state index contributed by atoms with van der Waals surface area (Å²) in [6.07, 6.45) is 0. The minimum atomic E-state index is -0.158. The van der Waals surface area contributed by atoms with E-state index in [1.165, 1.54) is 6.07 Å². The van der Waals surface area contributed by atoms with Crippen LogP contribution in [0, 0.1) is 18.7 Å². The summed E-state index contributed by atoms with van der Waals surface area (Å²) in [5.41, 5.74) is 2.18. The molecule has 0 aliphatic carbocycles. The molecule has 1 aromatic carbocycles. The van der Waals surface area contributed by atoms with E-state index in [0.29, 0.717) is 12.0 Å². The first-order valence-corrected chi connectivity index (χ1v) is 5.49. The number of benzene rings is 1. The molecule has 0 spiro atoms. The zero-order valence-corrected chi connectivity index (χ0v) is 9.97. The molecule has 0 aliphatic heterocycles. The van der Waals surface area contributed by atoms with E-state index >= 15 is 0 Å². The fourth-order valence-electron chi connectivity index (χ4n) is 1.34. The second kappa shape index (κ2) is 5.26. The highest BCUT2D eigenvalue weighted by Crippen LogP contribution is 2.11. The summed E-state index contributed by atoms with van der Waals surface area (Å²) in [4.78, 5) is 0. The quantitative estimate of drug-likeness (QED) is 0.802. The van der Waals surface area contributed by atoms with Gasteiger partial charge in [-0.2, -0.15) is 0 Å². The number of halogens is 1. The van der Waals surface area contributed by atoms with E-state index in [1.54, 1.807) is 6.07 Å². The molecule has 1 aromatic rings. The molecule has 0 fully saturated rings.